The van der Waals surface area contributed by atoms with Crippen molar-refractivity contribution in [2.45, 2.75) is 26.3 Å². The minimum absolute atomic E-state index is 0.0430. The van der Waals surface area contributed by atoms with Crippen molar-refractivity contribution in [3.63, 3.8) is 0 Å². The first-order valence-corrected chi connectivity index (χ1v) is 4.13. The Hall–Kier alpha value is -1.10. The molecule has 0 aromatic carbocycles. The largest absolute Gasteiger partial charge is 0.480 e. The van der Waals surface area contributed by atoms with Crippen LogP contribution in [0.5, 0.6) is 0 Å². The van der Waals surface area contributed by atoms with E-state index in [4.69, 9.17) is 10.8 Å². The summed E-state index contributed by atoms with van der Waals surface area (Å²) in [5.74, 6) is -1.92. The molecule has 5 heteroatoms. The second-order valence-electron chi connectivity index (χ2n) is 2.85. The van der Waals surface area contributed by atoms with Gasteiger partial charge in [-0.2, -0.15) is 0 Å². The summed E-state index contributed by atoms with van der Waals surface area (Å²) >= 11 is 0. The van der Waals surface area contributed by atoms with Crippen molar-refractivity contribution in [3.8, 4) is 0 Å². The van der Waals surface area contributed by atoms with Crippen LogP contribution in [0.1, 0.15) is 20.3 Å². The molecule has 0 heterocycles. The van der Waals surface area contributed by atoms with Gasteiger partial charge in [0.1, 0.15) is 6.04 Å². The molecule has 0 aromatic heterocycles. The summed E-state index contributed by atoms with van der Waals surface area (Å²) in [5, 5.41) is 8.52. The van der Waals surface area contributed by atoms with E-state index in [1.165, 1.54) is 0 Å². The van der Waals surface area contributed by atoms with Gasteiger partial charge in [-0.1, -0.05) is 6.92 Å². The number of carbonyl (C=O) groups is 2. The van der Waals surface area contributed by atoms with Crippen LogP contribution in [0.4, 0.5) is 0 Å². The molecule has 0 aliphatic rings. The highest BCUT2D eigenvalue weighted by Crippen LogP contribution is 2.07. The average molecular weight is 189 g/mol. The van der Waals surface area contributed by atoms with Crippen molar-refractivity contribution in [1.82, 2.24) is 0 Å². The third kappa shape index (κ3) is 4.47. The highest BCUT2D eigenvalue weighted by molar-refractivity contribution is 5.75. The molecule has 0 amide bonds. The van der Waals surface area contributed by atoms with Crippen LogP contribution < -0.4 is 5.73 Å². The highest BCUT2D eigenvalue weighted by Gasteiger charge is 2.22. The molecule has 76 valence electrons. The molecular formula is C8H15NO4. The SMILES string of the molecule is CCOC(=O)C[C@@H](C)[C@H](N)C(=O)O. The van der Waals surface area contributed by atoms with Crippen molar-refractivity contribution in [3.05, 3.63) is 0 Å². The van der Waals surface area contributed by atoms with Crippen molar-refractivity contribution >= 4 is 11.9 Å². The molecular weight excluding hydrogens is 174 g/mol. The lowest BCUT2D eigenvalue weighted by atomic mass is 9.99. The molecule has 13 heavy (non-hydrogen) atoms. The van der Waals surface area contributed by atoms with Crippen LogP contribution in [-0.2, 0) is 14.3 Å². The fourth-order valence-corrected chi connectivity index (χ4v) is 0.853. The minimum atomic E-state index is -1.10. The molecule has 0 saturated heterocycles. The molecule has 0 fully saturated rings. The monoisotopic (exact) mass is 189 g/mol. The number of aliphatic carboxylic acids is 1. The Balaban J connectivity index is 3.92. The maximum absolute atomic E-state index is 10.9. The number of rotatable bonds is 5. The number of carbonyl (C=O) groups excluding carboxylic acids is 1. The fraction of sp³-hybridized carbons (Fsp3) is 0.750. The summed E-state index contributed by atoms with van der Waals surface area (Å²) in [5.41, 5.74) is 5.30. The first kappa shape index (κ1) is 11.9. The van der Waals surface area contributed by atoms with Crippen LogP contribution in [0.25, 0.3) is 0 Å². The van der Waals surface area contributed by atoms with Gasteiger partial charge >= 0.3 is 11.9 Å². The van der Waals surface area contributed by atoms with E-state index < -0.39 is 23.9 Å². The predicted octanol–water partition coefficient (Wildman–Crippen LogP) is -0.0124. The molecule has 0 bridgehead atoms. The van der Waals surface area contributed by atoms with E-state index in [1.807, 2.05) is 0 Å². The number of ether oxygens (including phenoxy) is 1. The molecule has 0 spiro atoms. The Kier molecular flexibility index (Phi) is 5.06. The van der Waals surface area contributed by atoms with Gasteiger partial charge < -0.3 is 15.6 Å². The van der Waals surface area contributed by atoms with Crippen LogP contribution in [0.15, 0.2) is 0 Å². The number of carboxylic acid groups (broad SMARTS) is 1. The van der Waals surface area contributed by atoms with Crippen LogP contribution in [0.2, 0.25) is 0 Å². The normalized spacial score (nSPS) is 14.7. The second kappa shape index (κ2) is 5.53. The van der Waals surface area contributed by atoms with Gasteiger partial charge in [0.25, 0.3) is 0 Å². The zero-order chi connectivity index (χ0) is 10.4. The van der Waals surface area contributed by atoms with Crippen molar-refractivity contribution < 1.29 is 19.4 Å². The zero-order valence-corrected chi connectivity index (χ0v) is 7.82. The molecule has 0 rings (SSSR count). The summed E-state index contributed by atoms with van der Waals surface area (Å²) in [6.45, 7) is 3.60. The van der Waals surface area contributed by atoms with E-state index in [9.17, 15) is 9.59 Å². The fourth-order valence-electron chi connectivity index (χ4n) is 0.853. The zero-order valence-electron chi connectivity index (χ0n) is 7.82. The van der Waals surface area contributed by atoms with Gasteiger partial charge in [-0.15, -0.1) is 0 Å². The molecule has 0 aliphatic heterocycles. The average Bonchev–Trinajstić information content (AvgIpc) is 2.03. The lowest BCUT2D eigenvalue weighted by molar-refractivity contribution is -0.145. The first-order chi connectivity index (χ1) is 5.99. The van der Waals surface area contributed by atoms with Gasteiger partial charge in [0, 0.05) is 0 Å². The van der Waals surface area contributed by atoms with Crippen LogP contribution >= 0.6 is 0 Å². The Labute approximate surface area is 76.9 Å². The number of esters is 1. The standard InChI is InChI=1S/C8H15NO4/c1-3-13-6(10)4-5(2)7(9)8(11)12/h5,7H,3-4,9H2,1-2H3,(H,11,12)/t5-,7+/m1/s1. The van der Waals surface area contributed by atoms with Crippen molar-refractivity contribution in [1.29, 1.82) is 0 Å². The van der Waals surface area contributed by atoms with Crippen LogP contribution in [0, 0.1) is 5.92 Å². The second-order valence-corrected chi connectivity index (χ2v) is 2.85. The Morgan fingerprint density at radius 3 is 2.46 bits per heavy atom. The summed E-state index contributed by atoms with van der Waals surface area (Å²) in [6, 6.07) is -1.01. The molecule has 0 aromatic rings. The van der Waals surface area contributed by atoms with E-state index in [-0.39, 0.29) is 6.42 Å². The number of nitrogens with two attached hydrogens (primary N) is 1. The van der Waals surface area contributed by atoms with Gasteiger partial charge in [-0.25, -0.2) is 0 Å². The maximum atomic E-state index is 10.9. The maximum Gasteiger partial charge on any atom is 0.320 e. The topological polar surface area (TPSA) is 89.6 Å². The lowest BCUT2D eigenvalue weighted by Gasteiger charge is -2.14. The quantitative estimate of drug-likeness (QED) is 0.593. The van der Waals surface area contributed by atoms with Crippen molar-refractivity contribution in [2.24, 2.45) is 11.7 Å². The smallest absolute Gasteiger partial charge is 0.320 e. The molecule has 0 radical (unpaired) electrons. The van der Waals surface area contributed by atoms with Gasteiger partial charge in [0.15, 0.2) is 0 Å². The Morgan fingerprint density at radius 1 is 1.54 bits per heavy atom. The van der Waals surface area contributed by atoms with E-state index in [1.54, 1.807) is 13.8 Å². The predicted molar refractivity (Wildman–Crippen MR) is 46.0 cm³/mol. The molecule has 5 nitrogen and oxygen atoms in total. The highest BCUT2D eigenvalue weighted by atomic mass is 16.5. The van der Waals surface area contributed by atoms with E-state index in [0.717, 1.165) is 0 Å². The van der Waals surface area contributed by atoms with E-state index in [0.29, 0.717) is 6.61 Å². The first-order valence-electron chi connectivity index (χ1n) is 4.13. The molecule has 3 N–H and O–H groups in total. The summed E-state index contributed by atoms with van der Waals surface area (Å²) < 4.78 is 4.66. The number of carboxylic acids is 1. The third-order valence-electron chi connectivity index (χ3n) is 1.69. The van der Waals surface area contributed by atoms with Crippen LogP contribution in [-0.4, -0.2) is 29.7 Å². The van der Waals surface area contributed by atoms with Gasteiger partial charge in [0.05, 0.1) is 13.0 Å². The Morgan fingerprint density at radius 2 is 2.08 bits per heavy atom. The molecule has 2 atom stereocenters. The Bertz CT molecular complexity index is 193. The molecule has 0 aliphatic carbocycles. The lowest BCUT2D eigenvalue weighted by Crippen LogP contribution is -2.37. The third-order valence-corrected chi connectivity index (χ3v) is 1.69. The molecule has 0 saturated carbocycles. The summed E-state index contributed by atoms with van der Waals surface area (Å²) in [6.07, 6.45) is 0.0430. The van der Waals surface area contributed by atoms with Crippen molar-refractivity contribution in [2.75, 3.05) is 6.61 Å². The van der Waals surface area contributed by atoms with E-state index >= 15 is 0 Å². The van der Waals surface area contributed by atoms with Crippen LogP contribution in [0.3, 0.4) is 0 Å². The number of hydrogen-bond donors (Lipinski definition) is 2. The number of hydrogen-bond acceptors (Lipinski definition) is 4. The minimum Gasteiger partial charge on any atom is -0.480 e. The summed E-state index contributed by atoms with van der Waals surface area (Å²) in [4.78, 5) is 21.3. The molecule has 0 unspecified atom stereocenters. The summed E-state index contributed by atoms with van der Waals surface area (Å²) in [7, 11) is 0. The van der Waals surface area contributed by atoms with Gasteiger partial charge in [-0.3, -0.25) is 9.59 Å². The van der Waals surface area contributed by atoms with Gasteiger partial charge in [0.2, 0.25) is 0 Å². The van der Waals surface area contributed by atoms with E-state index in [2.05, 4.69) is 4.74 Å². The van der Waals surface area contributed by atoms with Gasteiger partial charge in [-0.05, 0) is 12.8 Å².